The van der Waals surface area contributed by atoms with Crippen LogP contribution in [0.1, 0.15) is 23.4 Å². The molecule has 0 atom stereocenters. The van der Waals surface area contributed by atoms with E-state index in [1.165, 1.54) is 29.8 Å². The third kappa shape index (κ3) is 2.83. The van der Waals surface area contributed by atoms with E-state index in [-0.39, 0.29) is 0 Å². The number of hydrogen-bond acceptors (Lipinski definition) is 2. The number of benzene rings is 1. The van der Waals surface area contributed by atoms with E-state index in [9.17, 15) is 0 Å². The number of thiocarbonyl (C=S) groups is 1. The maximum Gasteiger partial charge on any atom is 0.199 e. The highest BCUT2D eigenvalue weighted by Crippen LogP contribution is 2.22. The van der Waals surface area contributed by atoms with Crippen LogP contribution in [-0.4, -0.2) is 9.68 Å². The van der Waals surface area contributed by atoms with Crippen LogP contribution in [0.5, 0.6) is 0 Å². The number of fused-ring (bicyclic) bond motifs is 1. The maximum atomic E-state index is 5.33. The summed E-state index contributed by atoms with van der Waals surface area (Å²) in [5.74, 6) is 0. The van der Waals surface area contributed by atoms with Crippen molar-refractivity contribution in [2.45, 2.75) is 25.7 Å². The summed E-state index contributed by atoms with van der Waals surface area (Å²) < 4.78 is 2.19. The van der Waals surface area contributed by atoms with Crippen LogP contribution in [-0.2, 0) is 19.9 Å². The summed E-state index contributed by atoms with van der Waals surface area (Å²) in [6.45, 7) is 0. The molecule has 104 valence electrons. The molecule has 1 N–H and O–H groups in total. The van der Waals surface area contributed by atoms with Crippen LogP contribution < -0.4 is 10.1 Å². The second-order valence-electron chi connectivity index (χ2n) is 4.93. The van der Waals surface area contributed by atoms with Crippen LogP contribution >= 0.6 is 23.6 Å². The zero-order valence-electron chi connectivity index (χ0n) is 11.4. The molecule has 0 amide bonds. The molecule has 0 unspecified atom stereocenters. The predicted octanol–water partition coefficient (Wildman–Crippen LogP) is 3.26. The predicted molar refractivity (Wildman–Crippen MR) is 88.2 cm³/mol. The third-order valence-corrected chi connectivity index (χ3v) is 4.95. The number of nitrogens with one attached hydrogen (secondary N) is 1. The number of aromatic nitrogens is 1. The highest BCUT2D eigenvalue weighted by Gasteiger charge is 2.15. The van der Waals surface area contributed by atoms with Crippen molar-refractivity contribution in [2.24, 2.45) is 12.0 Å². The Labute approximate surface area is 128 Å². The van der Waals surface area contributed by atoms with Gasteiger partial charge in [-0.3, -0.25) is 0 Å². The van der Waals surface area contributed by atoms with Gasteiger partial charge in [-0.1, -0.05) is 18.2 Å². The van der Waals surface area contributed by atoms with Crippen molar-refractivity contribution in [3.8, 4) is 0 Å². The van der Waals surface area contributed by atoms with Crippen LogP contribution in [0.15, 0.2) is 35.3 Å². The monoisotopic (exact) mass is 303 g/mol. The van der Waals surface area contributed by atoms with Crippen molar-refractivity contribution in [3.05, 3.63) is 45.7 Å². The lowest BCUT2D eigenvalue weighted by atomic mass is 10.0. The van der Waals surface area contributed by atoms with Crippen LogP contribution in [0, 0.1) is 0 Å². The van der Waals surface area contributed by atoms with Crippen LogP contribution in [0.25, 0.3) is 0 Å². The largest absolute Gasteiger partial charge is 0.331 e. The van der Waals surface area contributed by atoms with Crippen molar-refractivity contribution in [1.82, 2.24) is 4.57 Å². The smallest absolute Gasteiger partial charge is 0.199 e. The van der Waals surface area contributed by atoms with Gasteiger partial charge in [0.2, 0.25) is 0 Å². The van der Waals surface area contributed by atoms with Crippen molar-refractivity contribution < 1.29 is 0 Å². The minimum Gasteiger partial charge on any atom is -0.331 e. The van der Waals surface area contributed by atoms with E-state index in [0.29, 0.717) is 5.11 Å². The Hall–Kier alpha value is -1.46. The highest BCUT2D eigenvalue weighted by molar-refractivity contribution is 7.80. The zero-order chi connectivity index (χ0) is 13.9. The van der Waals surface area contributed by atoms with E-state index in [1.54, 1.807) is 11.3 Å². The molecule has 1 aliphatic rings. The number of para-hydroxylation sites is 1. The average molecular weight is 303 g/mol. The summed E-state index contributed by atoms with van der Waals surface area (Å²) in [7, 11) is 2.09. The molecule has 5 heteroatoms. The number of thiazole rings is 1. The fraction of sp³-hybridized carbons (Fsp3) is 0.333. The normalized spacial score (nSPS) is 14.9. The highest BCUT2D eigenvalue weighted by atomic mass is 32.1. The van der Waals surface area contributed by atoms with Crippen molar-refractivity contribution in [2.75, 3.05) is 5.32 Å². The summed E-state index contributed by atoms with van der Waals surface area (Å²) >= 11 is 7.10. The van der Waals surface area contributed by atoms with E-state index in [4.69, 9.17) is 12.2 Å². The molecular weight excluding hydrogens is 286 g/mol. The van der Waals surface area contributed by atoms with Gasteiger partial charge < -0.3 is 9.88 Å². The molecule has 0 aliphatic heterocycles. The second-order valence-corrected chi connectivity index (χ2v) is 6.38. The molecule has 0 saturated heterocycles. The standard InChI is InChI=1S/C15H17N3S2/c1-18-12-9-5-6-10-13(12)20-15(18)17-14(19)16-11-7-3-2-4-8-11/h2-4,7-8H,5-6,9-10H2,1H3,(H,16,19). The first-order valence-electron chi connectivity index (χ1n) is 6.82. The van der Waals surface area contributed by atoms with E-state index in [1.807, 2.05) is 30.3 Å². The first-order valence-corrected chi connectivity index (χ1v) is 8.05. The summed E-state index contributed by atoms with van der Waals surface area (Å²) in [6, 6.07) is 9.92. The fourth-order valence-electron chi connectivity index (χ4n) is 2.48. The third-order valence-electron chi connectivity index (χ3n) is 3.52. The molecule has 0 radical (unpaired) electrons. The van der Waals surface area contributed by atoms with E-state index in [2.05, 4.69) is 21.9 Å². The zero-order valence-corrected chi connectivity index (χ0v) is 13.1. The molecule has 0 saturated carbocycles. The molecule has 1 aromatic carbocycles. The van der Waals surface area contributed by atoms with Crippen LogP contribution in [0.2, 0.25) is 0 Å². The molecule has 1 aromatic heterocycles. The van der Waals surface area contributed by atoms with Crippen molar-refractivity contribution in [3.63, 3.8) is 0 Å². The fourth-order valence-corrected chi connectivity index (χ4v) is 3.95. The van der Waals surface area contributed by atoms with Gasteiger partial charge >= 0.3 is 0 Å². The Morgan fingerprint density at radius 1 is 1.25 bits per heavy atom. The molecule has 0 fully saturated rings. The molecular formula is C15H17N3S2. The van der Waals surface area contributed by atoms with Gasteiger partial charge in [0.1, 0.15) is 0 Å². The Morgan fingerprint density at radius 3 is 2.75 bits per heavy atom. The van der Waals surface area contributed by atoms with Crippen molar-refractivity contribution in [1.29, 1.82) is 0 Å². The lowest BCUT2D eigenvalue weighted by Gasteiger charge is -2.11. The minimum atomic E-state index is 0.519. The Kier molecular flexibility index (Phi) is 3.98. The van der Waals surface area contributed by atoms with Gasteiger partial charge in [0.05, 0.1) is 0 Å². The summed E-state index contributed by atoms with van der Waals surface area (Å²) in [6.07, 6.45) is 4.92. The lowest BCUT2D eigenvalue weighted by Crippen LogP contribution is -2.18. The Bertz CT molecular complexity index is 683. The van der Waals surface area contributed by atoms with Gasteiger partial charge in [-0.15, -0.1) is 11.3 Å². The molecule has 3 rings (SSSR count). The van der Waals surface area contributed by atoms with Gasteiger partial charge in [0, 0.05) is 23.3 Å². The van der Waals surface area contributed by atoms with Crippen molar-refractivity contribution >= 4 is 34.4 Å². The van der Waals surface area contributed by atoms with Crippen LogP contribution in [0.4, 0.5) is 5.69 Å². The average Bonchev–Trinajstić information content (AvgIpc) is 2.77. The summed E-state index contributed by atoms with van der Waals surface area (Å²) in [5, 5.41) is 3.67. The maximum absolute atomic E-state index is 5.33. The molecule has 3 nitrogen and oxygen atoms in total. The summed E-state index contributed by atoms with van der Waals surface area (Å²) in [4.78, 5) is 7.02. The molecule has 0 spiro atoms. The SMILES string of the molecule is Cn1c2c(sc1=NC(=S)Nc1ccccc1)CCCC2. The molecule has 1 aliphatic carbocycles. The number of rotatable bonds is 1. The van der Waals surface area contributed by atoms with E-state index >= 15 is 0 Å². The second kappa shape index (κ2) is 5.89. The lowest BCUT2D eigenvalue weighted by molar-refractivity contribution is 0.644. The molecule has 1 heterocycles. The number of nitrogens with zero attached hydrogens (tertiary/aromatic N) is 2. The molecule has 0 bridgehead atoms. The molecule has 2 aromatic rings. The topological polar surface area (TPSA) is 29.3 Å². The van der Waals surface area contributed by atoms with Gasteiger partial charge in [-0.2, -0.15) is 4.99 Å². The Balaban J connectivity index is 1.85. The van der Waals surface area contributed by atoms with Crippen LogP contribution in [0.3, 0.4) is 0 Å². The van der Waals surface area contributed by atoms with Gasteiger partial charge in [0.25, 0.3) is 0 Å². The van der Waals surface area contributed by atoms with Gasteiger partial charge in [0.15, 0.2) is 9.91 Å². The quantitative estimate of drug-likeness (QED) is 0.819. The van der Waals surface area contributed by atoms with E-state index in [0.717, 1.165) is 16.9 Å². The number of anilines is 1. The first-order chi connectivity index (χ1) is 9.74. The number of hydrogen-bond donors (Lipinski definition) is 1. The summed E-state index contributed by atoms with van der Waals surface area (Å²) in [5.41, 5.74) is 2.41. The van der Waals surface area contributed by atoms with E-state index < -0.39 is 0 Å². The van der Waals surface area contributed by atoms with Gasteiger partial charge in [-0.05, 0) is 50.0 Å². The van der Waals surface area contributed by atoms with Gasteiger partial charge in [-0.25, -0.2) is 0 Å². The minimum absolute atomic E-state index is 0.519. The molecule has 20 heavy (non-hydrogen) atoms. The first kappa shape index (κ1) is 13.5. The number of aryl methyl sites for hydroxylation is 1. The Morgan fingerprint density at radius 2 is 2.00 bits per heavy atom.